The molecule has 0 radical (unpaired) electrons. The lowest BCUT2D eigenvalue weighted by Crippen LogP contribution is -2.40. The number of allylic oxidation sites excluding steroid dienone is 2. The summed E-state index contributed by atoms with van der Waals surface area (Å²) in [6.07, 6.45) is 6.68. The molecule has 2 amide bonds. The Hall–Kier alpha value is -2.83. The standard InChI is InChI=1S/C18H15N3O4/c22-17-15-11-4-5-12(14-7-13(11)14)16(15)18(23)20(17)19-8-9-2-1-3-10(6-9)21(24)25/h1-6,8,11-16H,7H2/b19-8+/t11-,12-,13-,14-,15-,16+/m1/s1. The van der Waals surface area contributed by atoms with E-state index in [-0.39, 0.29) is 41.2 Å². The van der Waals surface area contributed by atoms with Gasteiger partial charge in [-0.2, -0.15) is 10.1 Å². The topological polar surface area (TPSA) is 92.9 Å². The molecule has 2 saturated carbocycles. The molecule has 5 aliphatic rings. The summed E-state index contributed by atoms with van der Waals surface area (Å²) in [6.45, 7) is 0. The smallest absolute Gasteiger partial charge is 0.270 e. The molecule has 7 nitrogen and oxygen atoms in total. The predicted molar refractivity (Wildman–Crippen MR) is 87.2 cm³/mol. The van der Waals surface area contributed by atoms with Gasteiger partial charge in [-0.05, 0) is 30.1 Å². The molecule has 6 rings (SSSR count). The first-order valence-corrected chi connectivity index (χ1v) is 8.41. The number of nitro benzene ring substituents is 1. The molecule has 0 unspecified atom stereocenters. The molecule has 1 saturated heterocycles. The normalized spacial score (nSPS) is 37.5. The maximum atomic E-state index is 12.7. The van der Waals surface area contributed by atoms with Crippen LogP contribution in [-0.2, 0) is 9.59 Å². The van der Waals surface area contributed by atoms with Crippen LogP contribution in [0.5, 0.6) is 0 Å². The summed E-state index contributed by atoms with van der Waals surface area (Å²) in [5.41, 5.74) is 0.424. The van der Waals surface area contributed by atoms with Crippen LogP contribution in [-0.4, -0.2) is 28.0 Å². The molecule has 25 heavy (non-hydrogen) atoms. The average molecular weight is 337 g/mol. The van der Waals surface area contributed by atoms with Crippen molar-refractivity contribution in [2.24, 2.45) is 40.6 Å². The number of nitrogens with zero attached hydrogens (tertiary/aromatic N) is 3. The monoisotopic (exact) mass is 337 g/mol. The van der Waals surface area contributed by atoms with E-state index in [0.717, 1.165) is 11.4 Å². The van der Waals surface area contributed by atoms with Gasteiger partial charge in [0.2, 0.25) is 0 Å². The average Bonchev–Trinajstić information content (AvgIpc) is 3.39. The number of non-ortho nitro benzene ring substituents is 1. The summed E-state index contributed by atoms with van der Waals surface area (Å²) in [5.74, 6) is 0.385. The number of carbonyl (C=O) groups is 2. The minimum Gasteiger partial charge on any atom is -0.272 e. The van der Waals surface area contributed by atoms with Crippen LogP contribution in [0.1, 0.15) is 12.0 Å². The number of benzene rings is 1. The van der Waals surface area contributed by atoms with Gasteiger partial charge in [-0.15, -0.1) is 0 Å². The van der Waals surface area contributed by atoms with E-state index in [1.54, 1.807) is 12.1 Å². The highest BCUT2D eigenvalue weighted by Crippen LogP contribution is 2.65. The van der Waals surface area contributed by atoms with Crippen molar-refractivity contribution in [3.8, 4) is 0 Å². The van der Waals surface area contributed by atoms with Gasteiger partial charge < -0.3 is 0 Å². The van der Waals surface area contributed by atoms with Crippen LogP contribution < -0.4 is 0 Å². The third kappa shape index (κ3) is 1.95. The molecule has 1 aromatic rings. The van der Waals surface area contributed by atoms with E-state index in [2.05, 4.69) is 17.3 Å². The van der Waals surface area contributed by atoms with Crippen molar-refractivity contribution < 1.29 is 14.5 Å². The summed E-state index contributed by atoms with van der Waals surface area (Å²) in [5, 5.41) is 15.9. The number of rotatable bonds is 3. The second-order valence-corrected chi connectivity index (χ2v) is 7.24. The van der Waals surface area contributed by atoms with E-state index in [1.807, 2.05) is 0 Å². The number of imide groups is 1. The van der Waals surface area contributed by atoms with E-state index >= 15 is 0 Å². The molecular formula is C18H15N3O4. The van der Waals surface area contributed by atoms with Crippen LogP contribution in [0, 0.1) is 45.6 Å². The van der Waals surface area contributed by atoms with E-state index in [1.165, 1.54) is 18.3 Å². The minimum atomic E-state index is -0.492. The molecular weight excluding hydrogens is 322 g/mol. The third-order valence-electron chi connectivity index (χ3n) is 6.04. The van der Waals surface area contributed by atoms with Crippen LogP contribution in [0.25, 0.3) is 0 Å². The van der Waals surface area contributed by atoms with Crippen LogP contribution in [0.3, 0.4) is 0 Å². The van der Waals surface area contributed by atoms with Crippen molar-refractivity contribution in [2.75, 3.05) is 0 Å². The van der Waals surface area contributed by atoms with Crippen molar-refractivity contribution >= 4 is 23.7 Å². The van der Waals surface area contributed by atoms with Gasteiger partial charge in [0.05, 0.1) is 23.0 Å². The van der Waals surface area contributed by atoms with E-state index in [0.29, 0.717) is 17.4 Å². The van der Waals surface area contributed by atoms with E-state index in [4.69, 9.17) is 0 Å². The van der Waals surface area contributed by atoms with Gasteiger partial charge in [0.15, 0.2) is 0 Å². The fraction of sp³-hybridized carbons (Fsp3) is 0.389. The Bertz CT molecular complexity index is 841. The quantitative estimate of drug-likeness (QED) is 0.277. The van der Waals surface area contributed by atoms with Gasteiger partial charge in [0.1, 0.15) is 0 Å². The summed E-state index contributed by atoms with van der Waals surface area (Å²) in [6, 6.07) is 5.94. The summed E-state index contributed by atoms with van der Waals surface area (Å²) >= 11 is 0. The van der Waals surface area contributed by atoms with E-state index < -0.39 is 4.92 Å². The minimum absolute atomic E-state index is 0.0565. The zero-order valence-electron chi connectivity index (χ0n) is 13.2. The summed E-state index contributed by atoms with van der Waals surface area (Å²) in [7, 11) is 0. The van der Waals surface area contributed by atoms with E-state index in [9.17, 15) is 19.7 Å². The van der Waals surface area contributed by atoms with Crippen LogP contribution in [0.4, 0.5) is 5.69 Å². The van der Waals surface area contributed by atoms with Crippen molar-refractivity contribution in [2.45, 2.75) is 6.42 Å². The zero-order valence-corrected chi connectivity index (χ0v) is 13.2. The lowest BCUT2D eigenvalue weighted by molar-refractivity contribution is -0.384. The highest BCUT2D eigenvalue weighted by atomic mass is 16.6. The maximum absolute atomic E-state index is 12.7. The van der Waals surface area contributed by atoms with Crippen molar-refractivity contribution in [1.82, 2.24) is 5.01 Å². The molecule has 7 heteroatoms. The number of carbonyl (C=O) groups excluding carboxylic acids is 2. The number of amides is 2. The molecule has 0 aromatic heterocycles. The molecule has 4 aliphatic carbocycles. The van der Waals surface area contributed by atoms with Gasteiger partial charge >= 0.3 is 0 Å². The molecule has 126 valence electrons. The molecule has 2 bridgehead atoms. The van der Waals surface area contributed by atoms with Gasteiger partial charge in [-0.1, -0.05) is 24.3 Å². The molecule has 1 heterocycles. The van der Waals surface area contributed by atoms with Crippen LogP contribution >= 0.6 is 0 Å². The Kier molecular flexibility index (Phi) is 2.81. The fourth-order valence-corrected chi connectivity index (χ4v) is 4.90. The number of hydrogen-bond donors (Lipinski definition) is 0. The predicted octanol–water partition coefficient (Wildman–Crippen LogP) is 1.98. The Morgan fingerprint density at radius 3 is 2.36 bits per heavy atom. The van der Waals surface area contributed by atoms with Crippen LogP contribution in [0.2, 0.25) is 0 Å². The number of hydrazone groups is 1. The molecule has 6 atom stereocenters. The van der Waals surface area contributed by atoms with Gasteiger partial charge in [0.25, 0.3) is 17.5 Å². The Morgan fingerprint density at radius 2 is 1.76 bits per heavy atom. The summed E-state index contributed by atoms with van der Waals surface area (Å²) in [4.78, 5) is 35.8. The Labute approximate surface area is 143 Å². The van der Waals surface area contributed by atoms with Crippen molar-refractivity contribution in [3.05, 3.63) is 52.1 Å². The first kappa shape index (κ1) is 14.5. The molecule has 1 aliphatic heterocycles. The Balaban J connectivity index is 1.43. The largest absolute Gasteiger partial charge is 0.272 e. The highest BCUT2D eigenvalue weighted by molar-refractivity contribution is 6.06. The SMILES string of the molecule is O=C1[C@@H]2[C@@H]3C=C[C@H]([C@H]4C[C@H]34)[C@@H]2C(=O)N1/N=C/c1cccc([N+](=O)[O-])c1. The van der Waals surface area contributed by atoms with Crippen molar-refractivity contribution in [3.63, 3.8) is 0 Å². The van der Waals surface area contributed by atoms with Crippen molar-refractivity contribution in [1.29, 1.82) is 0 Å². The summed E-state index contributed by atoms with van der Waals surface area (Å²) < 4.78 is 0. The first-order chi connectivity index (χ1) is 12.1. The number of hydrogen-bond acceptors (Lipinski definition) is 5. The highest BCUT2D eigenvalue weighted by Gasteiger charge is 2.67. The third-order valence-corrected chi connectivity index (χ3v) is 6.04. The first-order valence-electron chi connectivity index (χ1n) is 8.41. The second kappa shape index (κ2) is 4.84. The lowest BCUT2D eigenvalue weighted by Gasteiger charge is -2.37. The zero-order chi connectivity index (χ0) is 17.3. The second-order valence-electron chi connectivity index (χ2n) is 7.24. The molecule has 1 aromatic carbocycles. The molecule has 0 N–H and O–H groups in total. The maximum Gasteiger partial charge on any atom is 0.270 e. The lowest BCUT2D eigenvalue weighted by atomic mass is 9.63. The molecule has 0 spiro atoms. The molecule has 3 fully saturated rings. The fourth-order valence-electron chi connectivity index (χ4n) is 4.90. The van der Waals surface area contributed by atoms with Crippen LogP contribution in [0.15, 0.2) is 41.5 Å². The van der Waals surface area contributed by atoms with Gasteiger partial charge in [-0.3, -0.25) is 19.7 Å². The van der Waals surface area contributed by atoms with Gasteiger partial charge in [-0.25, -0.2) is 0 Å². The van der Waals surface area contributed by atoms with Gasteiger partial charge in [0, 0.05) is 17.7 Å². The Morgan fingerprint density at radius 1 is 1.12 bits per heavy atom. The number of nitro groups is 1.